The maximum Gasteiger partial charge on any atom is 0.335 e. The van der Waals surface area contributed by atoms with Crippen LogP contribution in [0.1, 0.15) is 71.6 Å². The molecular formula is C18H33BrO3. The molecule has 0 spiro atoms. The summed E-state index contributed by atoms with van der Waals surface area (Å²) in [6, 6.07) is 0. The fraction of sp³-hybridized carbons (Fsp3) is 0.833. The molecule has 1 atom stereocenters. The largest absolute Gasteiger partial charge is 0.464 e. The SMILES string of the molecule is CC/C=C\CCCCOC(CCC)C(=O)OCCCCCBr. The second-order valence-corrected chi connectivity index (χ2v) is 6.23. The lowest BCUT2D eigenvalue weighted by Gasteiger charge is -2.16. The van der Waals surface area contributed by atoms with Gasteiger partial charge in [0.15, 0.2) is 6.10 Å². The van der Waals surface area contributed by atoms with Crippen molar-refractivity contribution >= 4 is 21.9 Å². The van der Waals surface area contributed by atoms with E-state index in [1.807, 2.05) is 0 Å². The molecule has 0 aliphatic heterocycles. The lowest BCUT2D eigenvalue weighted by atomic mass is 10.2. The second-order valence-electron chi connectivity index (χ2n) is 5.44. The molecule has 0 rings (SSSR count). The van der Waals surface area contributed by atoms with Crippen molar-refractivity contribution in [3.05, 3.63) is 12.2 Å². The van der Waals surface area contributed by atoms with Crippen LogP contribution in [0.5, 0.6) is 0 Å². The monoisotopic (exact) mass is 376 g/mol. The molecular weight excluding hydrogens is 344 g/mol. The van der Waals surface area contributed by atoms with Crippen molar-refractivity contribution in [2.45, 2.75) is 77.7 Å². The summed E-state index contributed by atoms with van der Waals surface area (Å²) in [7, 11) is 0. The highest BCUT2D eigenvalue weighted by Crippen LogP contribution is 2.08. The van der Waals surface area contributed by atoms with Gasteiger partial charge in [0.05, 0.1) is 6.61 Å². The Labute approximate surface area is 145 Å². The van der Waals surface area contributed by atoms with Gasteiger partial charge in [-0.1, -0.05) is 48.4 Å². The summed E-state index contributed by atoms with van der Waals surface area (Å²) in [6.07, 6.45) is 13.1. The summed E-state index contributed by atoms with van der Waals surface area (Å²) >= 11 is 3.40. The molecule has 0 aliphatic carbocycles. The first-order valence-corrected chi connectivity index (χ1v) is 9.87. The van der Waals surface area contributed by atoms with Gasteiger partial charge in [-0.3, -0.25) is 0 Å². The highest BCUT2D eigenvalue weighted by molar-refractivity contribution is 9.09. The number of esters is 1. The molecule has 0 saturated heterocycles. The van der Waals surface area contributed by atoms with Crippen LogP contribution in [0.15, 0.2) is 12.2 Å². The quantitative estimate of drug-likeness (QED) is 0.166. The first-order valence-electron chi connectivity index (χ1n) is 8.75. The van der Waals surface area contributed by atoms with Gasteiger partial charge in [-0.15, -0.1) is 0 Å². The molecule has 0 bridgehead atoms. The summed E-state index contributed by atoms with van der Waals surface area (Å²) in [4.78, 5) is 12.0. The van der Waals surface area contributed by atoms with E-state index >= 15 is 0 Å². The molecule has 22 heavy (non-hydrogen) atoms. The molecule has 1 unspecified atom stereocenters. The van der Waals surface area contributed by atoms with Gasteiger partial charge >= 0.3 is 5.97 Å². The van der Waals surface area contributed by atoms with Crippen molar-refractivity contribution in [3.8, 4) is 0 Å². The van der Waals surface area contributed by atoms with Gasteiger partial charge in [-0.2, -0.15) is 0 Å². The maximum absolute atomic E-state index is 12.0. The summed E-state index contributed by atoms with van der Waals surface area (Å²) < 4.78 is 11.0. The molecule has 130 valence electrons. The zero-order valence-electron chi connectivity index (χ0n) is 14.3. The zero-order chi connectivity index (χ0) is 16.5. The minimum Gasteiger partial charge on any atom is -0.464 e. The Morgan fingerprint density at radius 1 is 1.05 bits per heavy atom. The number of unbranched alkanes of at least 4 members (excludes halogenated alkanes) is 4. The van der Waals surface area contributed by atoms with Crippen LogP contribution in [0.3, 0.4) is 0 Å². The van der Waals surface area contributed by atoms with E-state index in [9.17, 15) is 4.79 Å². The van der Waals surface area contributed by atoms with Crippen LogP contribution in [0, 0.1) is 0 Å². The third-order valence-electron chi connectivity index (χ3n) is 3.32. The Balaban J connectivity index is 3.78. The maximum atomic E-state index is 12.0. The average molecular weight is 377 g/mol. The van der Waals surface area contributed by atoms with E-state index in [1.165, 1.54) is 0 Å². The van der Waals surface area contributed by atoms with Gasteiger partial charge in [0.1, 0.15) is 0 Å². The molecule has 4 heteroatoms. The molecule has 0 aromatic heterocycles. The third-order valence-corrected chi connectivity index (χ3v) is 3.88. The Kier molecular flexibility index (Phi) is 16.7. The van der Waals surface area contributed by atoms with E-state index in [0.717, 1.165) is 63.1 Å². The fourth-order valence-corrected chi connectivity index (χ4v) is 2.44. The molecule has 0 radical (unpaired) electrons. The van der Waals surface area contributed by atoms with Gasteiger partial charge < -0.3 is 9.47 Å². The molecule has 0 fully saturated rings. The summed E-state index contributed by atoms with van der Waals surface area (Å²) in [5.41, 5.74) is 0. The lowest BCUT2D eigenvalue weighted by Crippen LogP contribution is -2.27. The Hall–Kier alpha value is -0.350. The average Bonchev–Trinajstić information content (AvgIpc) is 2.52. The predicted molar refractivity (Wildman–Crippen MR) is 96.5 cm³/mol. The minimum atomic E-state index is -0.382. The predicted octanol–water partition coefficient (Wildman–Crippen LogP) is 5.42. The van der Waals surface area contributed by atoms with E-state index in [2.05, 4.69) is 41.9 Å². The smallest absolute Gasteiger partial charge is 0.335 e. The molecule has 0 heterocycles. The third kappa shape index (κ3) is 13.3. The van der Waals surface area contributed by atoms with Gasteiger partial charge in [-0.05, 0) is 51.4 Å². The van der Waals surface area contributed by atoms with Crippen molar-refractivity contribution in [1.82, 2.24) is 0 Å². The summed E-state index contributed by atoms with van der Waals surface area (Å²) in [5, 5.41) is 1.01. The number of ether oxygens (including phenoxy) is 2. The first-order chi connectivity index (χ1) is 10.8. The van der Waals surface area contributed by atoms with Gasteiger partial charge in [0, 0.05) is 11.9 Å². The zero-order valence-corrected chi connectivity index (χ0v) is 15.9. The lowest BCUT2D eigenvalue weighted by molar-refractivity contribution is -0.158. The van der Waals surface area contributed by atoms with E-state index in [-0.39, 0.29) is 12.1 Å². The van der Waals surface area contributed by atoms with Crippen LogP contribution < -0.4 is 0 Å². The fourth-order valence-electron chi connectivity index (χ4n) is 2.04. The van der Waals surface area contributed by atoms with Crippen LogP contribution in [0.4, 0.5) is 0 Å². The van der Waals surface area contributed by atoms with Crippen molar-refractivity contribution in [3.63, 3.8) is 0 Å². The number of carbonyl (C=O) groups is 1. The molecule has 0 aromatic rings. The number of hydrogen-bond donors (Lipinski definition) is 0. The molecule has 0 amide bonds. The van der Waals surface area contributed by atoms with E-state index in [0.29, 0.717) is 13.2 Å². The van der Waals surface area contributed by atoms with Crippen LogP contribution in [-0.4, -0.2) is 30.6 Å². The minimum absolute atomic E-state index is 0.188. The Morgan fingerprint density at radius 2 is 1.82 bits per heavy atom. The summed E-state index contributed by atoms with van der Waals surface area (Å²) in [6.45, 7) is 5.36. The first kappa shape index (κ1) is 21.6. The highest BCUT2D eigenvalue weighted by Gasteiger charge is 2.19. The molecule has 0 aromatic carbocycles. The van der Waals surface area contributed by atoms with E-state index in [1.54, 1.807) is 0 Å². The topological polar surface area (TPSA) is 35.5 Å². The van der Waals surface area contributed by atoms with Crippen LogP contribution >= 0.6 is 15.9 Å². The second kappa shape index (κ2) is 17.0. The molecule has 3 nitrogen and oxygen atoms in total. The Bertz CT molecular complexity index is 280. The molecule has 0 aliphatic rings. The Morgan fingerprint density at radius 3 is 2.50 bits per heavy atom. The number of allylic oxidation sites excluding steroid dienone is 2. The molecule has 0 N–H and O–H groups in total. The van der Waals surface area contributed by atoms with Gasteiger partial charge in [-0.25, -0.2) is 4.79 Å². The van der Waals surface area contributed by atoms with Crippen LogP contribution in [-0.2, 0) is 14.3 Å². The van der Waals surface area contributed by atoms with E-state index < -0.39 is 0 Å². The van der Waals surface area contributed by atoms with Crippen LogP contribution in [0.25, 0.3) is 0 Å². The number of rotatable bonds is 15. The number of alkyl halides is 1. The van der Waals surface area contributed by atoms with E-state index in [4.69, 9.17) is 9.47 Å². The van der Waals surface area contributed by atoms with Crippen LogP contribution in [0.2, 0.25) is 0 Å². The van der Waals surface area contributed by atoms with Gasteiger partial charge in [0.2, 0.25) is 0 Å². The normalized spacial score (nSPS) is 12.7. The van der Waals surface area contributed by atoms with Crippen molar-refractivity contribution < 1.29 is 14.3 Å². The van der Waals surface area contributed by atoms with Crippen molar-refractivity contribution in [1.29, 1.82) is 0 Å². The van der Waals surface area contributed by atoms with Crippen molar-refractivity contribution in [2.24, 2.45) is 0 Å². The summed E-state index contributed by atoms with van der Waals surface area (Å²) in [5.74, 6) is -0.188. The van der Waals surface area contributed by atoms with Gasteiger partial charge in [0.25, 0.3) is 0 Å². The highest BCUT2D eigenvalue weighted by atomic mass is 79.9. The van der Waals surface area contributed by atoms with Crippen molar-refractivity contribution in [2.75, 3.05) is 18.5 Å². The number of carbonyl (C=O) groups excluding carboxylic acids is 1. The number of hydrogen-bond acceptors (Lipinski definition) is 3. The standard InChI is InChI=1S/C18H33BrO3/c1-3-5-6-7-8-11-15-21-17(13-4-2)18(20)22-16-12-9-10-14-19/h5-6,17H,3-4,7-16H2,1-2H3/b6-5-. The number of halogens is 1. The molecule has 0 saturated carbocycles.